The standard InChI is InChI=1S/C23H22ClFN6O2/c1-33-21-11-19-16(22(29-13-28-19)30-15-4-5-18(25)17(24)10-15)9-14(21)12-31-8-2-3-20(31)23(32)27-7-6-26/h4-5,9-11,13,20H,2-3,7-8,12H2,1H3,(H,27,32)(H,28,29,30)/t20-/m1/s1. The first kappa shape index (κ1) is 22.7. The molecule has 3 aromatic rings. The van der Waals surface area contributed by atoms with Gasteiger partial charge >= 0.3 is 0 Å². The number of carbonyl (C=O) groups is 1. The second-order valence-electron chi connectivity index (χ2n) is 7.66. The third-order valence-electron chi connectivity index (χ3n) is 5.60. The molecule has 0 aliphatic carbocycles. The largest absolute Gasteiger partial charge is 0.496 e. The van der Waals surface area contributed by atoms with E-state index in [4.69, 9.17) is 21.6 Å². The molecule has 2 heterocycles. The van der Waals surface area contributed by atoms with Crippen molar-refractivity contribution in [1.29, 1.82) is 5.26 Å². The number of aromatic nitrogens is 2. The van der Waals surface area contributed by atoms with E-state index in [9.17, 15) is 9.18 Å². The van der Waals surface area contributed by atoms with E-state index in [1.54, 1.807) is 13.2 Å². The first-order chi connectivity index (χ1) is 16.0. The molecule has 0 bridgehead atoms. The van der Waals surface area contributed by atoms with Crippen LogP contribution in [0.5, 0.6) is 5.75 Å². The van der Waals surface area contributed by atoms with Crippen LogP contribution in [0.15, 0.2) is 36.7 Å². The van der Waals surface area contributed by atoms with Crippen molar-refractivity contribution in [2.24, 2.45) is 0 Å². The number of likely N-dealkylation sites (tertiary alicyclic amines) is 1. The van der Waals surface area contributed by atoms with E-state index < -0.39 is 5.82 Å². The van der Waals surface area contributed by atoms with Crippen LogP contribution >= 0.6 is 11.6 Å². The number of ether oxygens (including phenoxy) is 1. The Balaban J connectivity index is 1.65. The van der Waals surface area contributed by atoms with E-state index in [2.05, 4.69) is 25.5 Å². The lowest BCUT2D eigenvalue weighted by molar-refractivity contribution is -0.125. The number of halogens is 2. The van der Waals surface area contributed by atoms with Crippen molar-refractivity contribution in [3.63, 3.8) is 0 Å². The number of nitrogens with zero attached hydrogens (tertiary/aromatic N) is 4. The Morgan fingerprint density at radius 2 is 2.21 bits per heavy atom. The number of amides is 1. The second-order valence-corrected chi connectivity index (χ2v) is 8.07. The molecule has 8 nitrogen and oxygen atoms in total. The predicted molar refractivity (Wildman–Crippen MR) is 123 cm³/mol. The number of nitrogens with one attached hydrogen (secondary N) is 2. The fraction of sp³-hybridized carbons (Fsp3) is 0.304. The maximum Gasteiger partial charge on any atom is 0.238 e. The minimum atomic E-state index is -0.499. The fourth-order valence-electron chi connectivity index (χ4n) is 4.03. The van der Waals surface area contributed by atoms with Crippen LogP contribution in [0.25, 0.3) is 10.9 Å². The van der Waals surface area contributed by atoms with Gasteiger partial charge < -0.3 is 15.4 Å². The van der Waals surface area contributed by atoms with Gasteiger partial charge in [-0.05, 0) is 43.7 Å². The maximum absolute atomic E-state index is 13.5. The van der Waals surface area contributed by atoms with Crippen LogP contribution in [0.2, 0.25) is 5.02 Å². The average molecular weight is 469 g/mol. The summed E-state index contributed by atoms with van der Waals surface area (Å²) in [5.74, 6) is 0.546. The highest BCUT2D eigenvalue weighted by Crippen LogP contribution is 2.32. The topological polar surface area (TPSA) is 103 Å². The van der Waals surface area contributed by atoms with Crippen LogP contribution in [0, 0.1) is 17.1 Å². The van der Waals surface area contributed by atoms with Crippen LogP contribution in [-0.4, -0.2) is 47.0 Å². The maximum atomic E-state index is 13.5. The summed E-state index contributed by atoms with van der Waals surface area (Å²) in [6.07, 6.45) is 3.06. The van der Waals surface area contributed by atoms with Gasteiger partial charge in [0, 0.05) is 29.2 Å². The third kappa shape index (κ3) is 4.97. The number of carbonyl (C=O) groups excluding carboxylic acids is 1. The molecule has 10 heteroatoms. The Labute approximate surface area is 195 Å². The number of methoxy groups -OCH3 is 1. The molecule has 1 atom stereocenters. The predicted octanol–water partition coefficient (Wildman–Crippen LogP) is 3.78. The highest BCUT2D eigenvalue weighted by atomic mass is 35.5. The van der Waals surface area contributed by atoms with Crippen molar-refractivity contribution in [2.45, 2.75) is 25.4 Å². The summed E-state index contributed by atoms with van der Waals surface area (Å²) >= 11 is 5.91. The van der Waals surface area contributed by atoms with E-state index in [1.165, 1.54) is 18.5 Å². The van der Waals surface area contributed by atoms with Crippen LogP contribution in [-0.2, 0) is 11.3 Å². The van der Waals surface area contributed by atoms with Gasteiger partial charge in [-0.25, -0.2) is 14.4 Å². The first-order valence-corrected chi connectivity index (χ1v) is 10.8. The number of anilines is 2. The van der Waals surface area contributed by atoms with Crippen LogP contribution in [0.1, 0.15) is 18.4 Å². The number of hydrogen-bond donors (Lipinski definition) is 2. The number of fused-ring (bicyclic) bond motifs is 1. The van der Waals surface area contributed by atoms with Gasteiger partial charge in [0.05, 0.1) is 29.8 Å². The number of rotatable bonds is 7. The summed E-state index contributed by atoms with van der Waals surface area (Å²) in [5.41, 5.74) is 2.14. The molecular weight excluding hydrogens is 447 g/mol. The van der Waals surface area contributed by atoms with Crippen molar-refractivity contribution in [1.82, 2.24) is 20.2 Å². The molecule has 1 fully saturated rings. The molecular formula is C23H22ClFN6O2. The molecule has 2 N–H and O–H groups in total. The van der Waals surface area contributed by atoms with Gasteiger partial charge in [-0.15, -0.1) is 0 Å². The molecule has 0 spiro atoms. The summed E-state index contributed by atoms with van der Waals surface area (Å²) in [4.78, 5) is 23.3. The smallest absolute Gasteiger partial charge is 0.238 e. The van der Waals surface area contributed by atoms with E-state index in [1.807, 2.05) is 18.2 Å². The van der Waals surface area contributed by atoms with Crippen molar-refractivity contribution >= 4 is 39.9 Å². The van der Waals surface area contributed by atoms with Crippen molar-refractivity contribution in [2.75, 3.05) is 25.5 Å². The normalized spacial score (nSPS) is 15.9. The quantitative estimate of drug-likeness (QED) is 0.508. The van der Waals surface area contributed by atoms with Crippen molar-refractivity contribution in [3.8, 4) is 11.8 Å². The molecule has 1 saturated heterocycles. The number of nitriles is 1. The van der Waals surface area contributed by atoms with Gasteiger partial charge in [0.25, 0.3) is 0 Å². The van der Waals surface area contributed by atoms with Crippen LogP contribution < -0.4 is 15.4 Å². The third-order valence-corrected chi connectivity index (χ3v) is 5.89. The molecule has 4 rings (SSSR count). The fourth-order valence-corrected chi connectivity index (χ4v) is 4.21. The van der Waals surface area contributed by atoms with Crippen LogP contribution in [0.3, 0.4) is 0 Å². The van der Waals surface area contributed by atoms with E-state index in [0.29, 0.717) is 29.3 Å². The molecule has 0 saturated carbocycles. The first-order valence-electron chi connectivity index (χ1n) is 10.4. The molecule has 2 aromatic carbocycles. The van der Waals surface area contributed by atoms with Crippen molar-refractivity contribution < 1.29 is 13.9 Å². The Kier molecular flexibility index (Phi) is 6.87. The summed E-state index contributed by atoms with van der Waals surface area (Å²) in [7, 11) is 1.59. The average Bonchev–Trinajstić information content (AvgIpc) is 3.28. The van der Waals surface area contributed by atoms with Gasteiger partial charge in [0.15, 0.2) is 0 Å². The molecule has 1 amide bonds. The molecule has 1 aromatic heterocycles. The zero-order valence-corrected chi connectivity index (χ0v) is 18.7. The molecule has 1 aliphatic rings. The minimum Gasteiger partial charge on any atom is -0.496 e. The van der Waals surface area contributed by atoms with Gasteiger partial charge in [0.2, 0.25) is 5.91 Å². The van der Waals surface area contributed by atoms with Gasteiger partial charge in [-0.3, -0.25) is 9.69 Å². The Morgan fingerprint density at radius 1 is 1.36 bits per heavy atom. The molecule has 0 radical (unpaired) electrons. The SMILES string of the molecule is COc1cc2ncnc(Nc3ccc(F)c(Cl)c3)c2cc1CN1CCC[C@@H]1C(=O)NCC#N. The Bertz CT molecular complexity index is 1230. The van der Waals surface area contributed by atoms with E-state index >= 15 is 0 Å². The summed E-state index contributed by atoms with van der Waals surface area (Å²) in [5, 5.41) is 15.3. The lowest BCUT2D eigenvalue weighted by atomic mass is 10.1. The second kappa shape index (κ2) is 9.98. The van der Waals surface area contributed by atoms with E-state index in [-0.39, 0.29) is 23.5 Å². The monoisotopic (exact) mass is 468 g/mol. The Hall–Kier alpha value is -3.48. The van der Waals surface area contributed by atoms with Gasteiger partial charge in [-0.2, -0.15) is 5.26 Å². The number of benzene rings is 2. The van der Waals surface area contributed by atoms with E-state index in [0.717, 1.165) is 30.3 Å². The lowest BCUT2D eigenvalue weighted by Crippen LogP contribution is -2.43. The Morgan fingerprint density at radius 3 is 2.97 bits per heavy atom. The summed E-state index contributed by atoms with van der Waals surface area (Å²) < 4.78 is 19.1. The molecule has 170 valence electrons. The summed E-state index contributed by atoms with van der Waals surface area (Å²) in [6.45, 7) is 1.24. The van der Waals surface area contributed by atoms with Gasteiger partial charge in [-0.1, -0.05) is 11.6 Å². The zero-order chi connectivity index (χ0) is 23.4. The van der Waals surface area contributed by atoms with Crippen LogP contribution in [0.4, 0.5) is 15.9 Å². The molecule has 1 aliphatic heterocycles. The molecule has 33 heavy (non-hydrogen) atoms. The lowest BCUT2D eigenvalue weighted by Gasteiger charge is -2.24. The summed E-state index contributed by atoms with van der Waals surface area (Å²) in [6, 6.07) is 9.75. The molecule has 0 unspecified atom stereocenters. The van der Waals surface area contributed by atoms with Crippen molar-refractivity contribution in [3.05, 3.63) is 53.1 Å². The minimum absolute atomic E-state index is 0.00969. The van der Waals surface area contributed by atoms with Gasteiger partial charge in [0.1, 0.15) is 30.3 Å². The number of hydrogen-bond acceptors (Lipinski definition) is 7. The highest BCUT2D eigenvalue weighted by Gasteiger charge is 2.31. The highest BCUT2D eigenvalue weighted by molar-refractivity contribution is 6.31. The zero-order valence-electron chi connectivity index (χ0n) is 17.9.